The van der Waals surface area contributed by atoms with Crippen molar-refractivity contribution >= 4 is 5.91 Å². The van der Waals surface area contributed by atoms with Crippen molar-refractivity contribution in [3.63, 3.8) is 0 Å². The molecule has 0 aromatic carbocycles. The van der Waals surface area contributed by atoms with Crippen LogP contribution < -0.4 is 5.73 Å². The van der Waals surface area contributed by atoms with Gasteiger partial charge in [-0.05, 0) is 38.6 Å². The van der Waals surface area contributed by atoms with Gasteiger partial charge in [0, 0.05) is 12.0 Å². The van der Waals surface area contributed by atoms with Crippen molar-refractivity contribution in [1.29, 1.82) is 0 Å². The van der Waals surface area contributed by atoms with Crippen molar-refractivity contribution in [2.75, 3.05) is 6.54 Å². The minimum absolute atomic E-state index is 0.143. The van der Waals surface area contributed by atoms with Crippen molar-refractivity contribution in [1.82, 2.24) is 4.90 Å². The Morgan fingerprint density at radius 2 is 2.18 bits per heavy atom. The van der Waals surface area contributed by atoms with Gasteiger partial charge in [-0.3, -0.25) is 9.69 Å². The van der Waals surface area contributed by atoms with E-state index < -0.39 is 0 Å². The lowest BCUT2D eigenvalue weighted by molar-refractivity contribution is -0.124. The molecule has 17 heavy (non-hydrogen) atoms. The topological polar surface area (TPSA) is 66.6 Å². The van der Waals surface area contributed by atoms with Crippen LogP contribution in [0.1, 0.15) is 45.4 Å². The summed E-state index contributed by atoms with van der Waals surface area (Å²) in [5.74, 6) is 0.137. The maximum absolute atomic E-state index is 11.5. The second-order valence-corrected chi connectivity index (χ2v) is 5.44. The fourth-order valence-corrected chi connectivity index (χ4v) is 3.68. The number of amides is 1. The molecule has 0 aromatic heterocycles. The maximum Gasteiger partial charge on any atom is 0.234 e. The van der Waals surface area contributed by atoms with E-state index in [0.29, 0.717) is 12.0 Å². The number of nitrogens with zero attached hydrogens (tertiary/aromatic N) is 1. The number of nitrogens with two attached hydrogens (primary N) is 1. The molecule has 3 N–H and O–H groups in total. The summed E-state index contributed by atoms with van der Waals surface area (Å²) in [6.45, 7) is 2.96. The normalized spacial score (nSPS) is 36.2. The lowest BCUT2D eigenvalue weighted by Crippen LogP contribution is -2.50. The monoisotopic (exact) mass is 240 g/mol. The van der Waals surface area contributed by atoms with Crippen molar-refractivity contribution < 1.29 is 9.90 Å². The molecule has 1 aliphatic heterocycles. The molecule has 4 nitrogen and oxygen atoms in total. The molecule has 4 atom stereocenters. The molecule has 0 aromatic rings. The van der Waals surface area contributed by atoms with Gasteiger partial charge in [-0.15, -0.1) is 0 Å². The van der Waals surface area contributed by atoms with Crippen molar-refractivity contribution in [3.05, 3.63) is 0 Å². The van der Waals surface area contributed by atoms with Crippen molar-refractivity contribution in [3.8, 4) is 0 Å². The molecule has 0 spiro atoms. The van der Waals surface area contributed by atoms with E-state index >= 15 is 0 Å². The molecule has 1 heterocycles. The van der Waals surface area contributed by atoms with Crippen LogP contribution in [0.4, 0.5) is 0 Å². The van der Waals surface area contributed by atoms with E-state index in [9.17, 15) is 9.90 Å². The van der Waals surface area contributed by atoms with Crippen LogP contribution in [0.25, 0.3) is 0 Å². The Bertz CT molecular complexity index is 283. The highest BCUT2D eigenvalue weighted by Gasteiger charge is 2.41. The molecule has 4 unspecified atom stereocenters. The number of aliphatic hydroxyl groups is 1. The van der Waals surface area contributed by atoms with Gasteiger partial charge in [0.2, 0.25) is 5.91 Å². The van der Waals surface area contributed by atoms with Crippen molar-refractivity contribution in [2.24, 2.45) is 11.7 Å². The molecule has 0 radical (unpaired) electrons. The van der Waals surface area contributed by atoms with Gasteiger partial charge >= 0.3 is 0 Å². The smallest absolute Gasteiger partial charge is 0.234 e. The number of carbonyl (C=O) groups is 1. The molecular weight excluding hydrogens is 216 g/mol. The summed E-state index contributed by atoms with van der Waals surface area (Å²) in [7, 11) is 0. The van der Waals surface area contributed by atoms with Crippen LogP contribution in [0.2, 0.25) is 0 Å². The van der Waals surface area contributed by atoms with Gasteiger partial charge in [0.25, 0.3) is 0 Å². The van der Waals surface area contributed by atoms with Crippen LogP contribution >= 0.6 is 0 Å². The van der Waals surface area contributed by atoms with Gasteiger partial charge in [0.05, 0.1) is 12.1 Å². The molecule has 2 rings (SSSR count). The summed E-state index contributed by atoms with van der Waals surface area (Å²) in [4.78, 5) is 13.7. The second kappa shape index (κ2) is 5.36. The van der Waals surface area contributed by atoms with E-state index in [1.165, 1.54) is 0 Å². The molecule has 1 amide bonds. The fourth-order valence-electron chi connectivity index (χ4n) is 3.68. The average molecular weight is 240 g/mol. The van der Waals surface area contributed by atoms with Gasteiger partial charge < -0.3 is 10.8 Å². The SMILES string of the molecule is CCC(C(N)=O)N1CCCC1C1CCCC1O. The Labute approximate surface area is 103 Å². The van der Waals surface area contributed by atoms with E-state index in [-0.39, 0.29) is 18.1 Å². The van der Waals surface area contributed by atoms with Crippen LogP contribution in [0, 0.1) is 5.92 Å². The highest BCUT2D eigenvalue weighted by molar-refractivity contribution is 5.79. The predicted octanol–water partition coefficient (Wildman–Crippen LogP) is 0.876. The van der Waals surface area contributed by atoms with E-state index in [2.05, 4.69) is 4.90 Å². The third-order valence-electron chi connectivity index (χ3n) is 4.48. The Balaban J connectivity index is 2.08. The number of hydrogen-bond donors (Lipinski definition) is 2. The molecule has 1 aliphatic carbocycles. The summed E-state index contributed by atoms with van der Waals surface area (Å²) >= 11 is 0. The van der Waals surface area contributed by atoms with Gasteiger partial charge in [0.15, 0.2) is 0 Å². The summed E-state index contributed by atoms with van der Waals surface area (Å²) in [5, 5.41) is 10.0. The molecule has 1 saturated carbocycles. The summed E-state index contributed by atoms with van der Waals surface area (Å²) in [6, 6.07) is 0.222. The van der Waals surface area contributed by atoms with E-state index in [1.807, 2.05) is 6.92 Å². The Morgan fingerprint density at radius 3 is 2.71 bits per heavy atom. The molecular formula is C13H24N2O2. The van der Waals surface area contributed by atoms with E-state index in [0.717, 1.165) is 45.1 Å². The third-order valence-corrected chi connectivity index (χ3v) is 4.48. The predicted molar refractivity (Wildman–Crippen MR) is 66.3 cm³/mol. The van der Waals surface area contributed by atoms with Crippen LogP contribution in [-0.4, -0.2) is 40.6 Å². The minimum Gasteiger partial charge on any atom is -0.393 e. The van der Waals surface area contributed by atoms with Gasteiger partial charge in [-0.1, -0.05) is 13.3 Å². The number of carbonyl (C=O) groups excluding carboxylic acids is 1. The minimum atomic E-state index is -0.216. The van der Waals surface area contributed by atoms with Crippen molar-refractivity contribution in [2.45, 2.75) is 63.6 Å². The molecule has 2 aliphatic rings. The number of hydrogen-bond acceptors (Lipinski definition) is 3. The van der Waals surface area contributed by atoms with Gasteiger partial charge in [-0.2, -0.15) is 0 Å². The zero-order valence-electron chi connectivity index (χ0n) is 10.6. The quantitative estimate of drug-likeness (QED) is 0.766. The van der Waals surface area contributed by atoms with Crippen LogP contribution in [0.15, 0.2) is 0 Å². The van der Waals surface area contributed by atoms with E-state index in [1.54, 1.807) is 0 Å². The van der Waals surface area contributed by atoms with E-state index in [4.69, 9.17) is 5.73 Å². The fraction of sp³-hybridized carbons (Fsp3) is 0.923. The average Bonchev–Trinajstić information content (AvgIpc) is 2.87. The standard InChI is InChI=1S/C13H24N2O2/c1-2-10(13(14)17)15-8-4-6-11(15)9-5-3-7-12(9)16/h9-12,16H,2-8H2,1H3,(H2,14,17). The molecule has 2 fully saturated rings. The summed E-state index contributed by atoms with van der Waals surface area (Å²) in [6.07, 6.45) is 5.95. The Kier molecular flexibility index (Phi) is 4.05. The first-order valence-corrected chi connectivity index (χ1v) is 6.88. The summed E-state index contributed by atoms with van der Waals surface area (Å²) < 4.78 is 0. The molecule has 98 valence electrons. The van der Waals surface area contributed by atoms with Crippen LogP contribution in [-0.2, 0) is 4.79 Å². The zero-order chi connectivity index (χ0) is 12.4. The lowest BCUT2D eigenvalue weighted by atomic mass is 9.93. The second-order valence-electron chi connectivity index (χ2n) is 5.44. The zero-order valence-corrected chi connectivity index (χ0v) is 10.6. The lowest BCUT2D eigenvalue weighted by Gasteiger charge is -2.35. The number of likely N-dealkylation sites (tertiary alicyclic amines) is 1. The molecule has 4 heteroatoms. The molecule has 0 bridgehead atoms. The first kappa shape index (κ1) is 12.8. The Hall–Kier alpha value is -0.610. The highest BCUT2D eigenvalue weighted by atomic mass is 16.3. The third kappa shape index (κ3) is 2.47. The first-order valence-electron chi connectivity index (χ1n) is 6.88. The number of rotatable bonds is 4. The van der Waals surface area contributed by atoms with Gasteiger partial charge in [0.1, 0.15) is 0 Å². The number of primary amides is 1. The maximum atomic E-state index is 11.5. The highest BCUT2D eigenvalue weighted by Crippen LogP contribution is 2.36. The van der Waals surface area contributed by atoms with Crippen LogP contribution in [0.3, 0.4) is 0 Å². The Morgan fingerprint density at radius 1 is 1.41 bits per heavy atom. The number of aliphatic hydroxyl groups excluding tert-OH is 1. The summed E-state index contributed by atoms with van der Waals surface area (Å²) in [5.41, 5.74) is 5.48. The first-order chi connectivity index (χ1) is 8.15. The molecule has 1 saturated heterocycles. The van der Waals surface area contributed by atoms with Gasteiger partial charge in [-0.25, -0.2) is 0 Å². The van der Waals surface area contributed by atoms with Crippen LogP contribution in [0.5, 0.6) is 0 Å². The largest absolute Gasteiger partial charge is 0.393 e.